The van der Waals surface area contributed by atoms with Gasteiger partial charge >= 0.3 is 0 Å². The molecule has 0 N–H and O–H groups in total. The van der Waals surface area contributed by atoms with Gasteiger partial charge in [0.1, 0.15) is 0 Å². The Hall–Kier alpha value is 0.0700. The van der Waals surface area contributed by atoms with Gasteiger partial charge in [-0.15, -0.1) is 11.3 Å². The lowest BCUT2D eigenvalue weighted by Gasteiger charge is -1.98. The Bertz CT molecular complexity index is 450. The molecule has 0 saturated carbocycles. The van der Waals surface area contributed by atoms with Crippen molar-refractivity contribution in [3.8, 4) is 0 Å². The standard InChI is InChI=1S/C9H7Br2NS/c1-5-2-3-6(4-10)7-8(5)13-9(11)12-7/h2-3H,4H2,1H3. The molecule has 0 unspecified atom stereocenters. The molecular weight excluding hydrogens is 314 g/mol. The molecule has 0 aliphatic carbocycles. The number of hydrogen-bond acceptors (Lipinski definition) is 2. The molecule has 1 aromatic carbocycles. The Kier molecular flexibility index (Phi) is 2.72. The molecule has 4 heteroatoms. The molecular formula is C9H7Br2NS. The van der Waals surface area contributed by atoms with E-state index in [1.54, 1.807) is 11.3 Å². The van der Waals surface area contributed by atoms with E-state index in [4.69, 9.17) is 0 Å². The second kappa shape index (κ2) is 3.67. The van der Waals surface area contributed by atoms with Crippen LogP contribution >= 0.6 is 43.2 Å². The van der Waals surface area contributed by atoms with Crippen LogP contribution in [0.4, 0.5) is 0 Å². The molecule has 2 rings (SSSR count). The number of thiazole rings is 1. The summed E-state index contributed by atoms with van der Waals surface area (Å²) in [6.07, 6.45) is 0. The number of benzene rings is 1. The molecule has 0 radical (unpaired) electrons. The van der Waals surface area contributed by atoms with E-state index < -0.39 is 0 Å². The molecule has 0 spiro atoms. The molecule has 0 atom stereocenters. The Labute approximate surface area is 97.4 Å². The van der Waals surface area contributed by atoms with Crippen LogP contribution in [0, 0.1) is 6.92 Å². The highest BCUT2D eigenvalue weighted by Crippen LogP contribution is 2.31. The Morgan fingerprint density at radius 3 is 2.92 bits per heavy atom. The summed E-state index contributed by atoms with van der Waals surface area (Å²) in [5.41, 5.74) is 3.67. The third-order valence-electron chi connectivity index (χ3n) is 1.94. The Morgan fingerprint density at radius 1 is 1.46 bits per heavy atom. The highest BCUT2D eigenvalue weighted by Gasteiger charge is 2.07. The molecule has 0 aliphatic heterocycles. The number of nitrogens with zero attached hydrogens (tertiary/aromatic N) is 1. The number of aryl methyl sites for hydroxylation is 1. The fourth-order valence-electron chi connectivity index (χ4n) is 1.27. The predicted molar refractivity (Wildman–Crippen MR) is 64.7 cm³/mol. The lowest BCUT2D eigenvalue weighted by molar-refractivity contribution is 1.37. The number of hydrogen-bond donors (Lipinski definition) is 0. The van der Waals surface area contributed by atoms with Gasteiger partial charge in [-0.3, -0.25) is 0 Å². The maximum absolute atomic E-state index is 4.45. The molecule has 1 nitrogen and oxygen atoms in total. The zero-order chi connectivity index (χ0) is 9.42. The van der Waals surface area contributed by atoms with Gasteiger partial charge in [-0.05, 0) is 34.0 Å². The number of aromatic nitrogens is 1. The summed E-state index contributed by atoms with van der Waals surface area (Å²) in [5.74, 6) is 0. The SMILES string of the molecule is Cc1ccc(CBr)c2nc(Br)sc12. The van der Waals surface area contributed by atoms with Gasteiger partial charge in [-0.2, -0.15) is 0 Å². The molecule has 0 saturated heterocycles. The topological polar surface area (TPSA) is 12.9 Å². The van der Waals surface area contributed by atoms with Gasteiger partial charge in [0.2, 0.25) is 0 Å². The smallest absolute Gasteiger partial charge is 0.160 e. The molecule has 0 aliphatic rings. The first-order valence-electron chi connectivity index (χ1n) is 3.83. The Balaban J connectivity index is 2.83. The van der Waals surface area contributed by atoms with E-state index >= 15 is 0 Å². The van der Waals surface area contributed by atoms with Crippen LogP contribution < -0.4 is 0 Å². The molecule has 1 aromatic heterocycles. The predicted octanol–water partition coefficient (Wildman–Crippen LogP) is 4.26. The van der Waals surface area contributed by atoms with E-state index in [9.17, 15) is 0 Å². The molecule has 68 valence electrons. The fraction of sp³-hybridized carbons (Fsp3) is 0.222. The largest absolute Gasteiger partial charge is 0.229 e. The second-order valence-corrected chi connectivity index (χ2v) is 5.66. The minimum atomic E-state index is 0.861. The van der Waals surface area contributed by atoms with Crippen LogP contribution in [0.5, 0.6) is 0 Å². The number of alkyl halides is 1. The van der Waals surface area contributed by atoms with E-state index in [0.29, 0.717) is 0 Å². The van der Waals surface area contributed by atoms with Crippen LogP contribution in [0.1, 0.15) is 11.1 Å². The lowest BCUT2D eigenvalue weighted by atomic mass is 10.1. The van der Waals surface area contributed by atoms with Crippen molar-refractivity contribution in [2.24, 2.45) is 0 Å². The average Bonchev–Trinajstić information content (AvgIpc) is 2.48. The van der Waals surface area contributed by atoms with Crippen molar-refractivity contribution in [1.82, 2.24) is 4.98 Å². The first-order chi connectivity index (χ1) is 6.22. The monoisotopic (exact) mass is 319 g/mol. The molecule has 2 aromatic rings. The van der Waals surface area contributed by atoms with E-state index in [0.717, 1.165) is 14.8 Å². The number of halogens is 2. The lowest BCUT2D eigenvalue weighted by Crippen LogP contribution is -1.82. The molecule has 1 heterocycles. The third-order valence-corrected chi connectivity index (χ3v) is 4.19. The average molecular weight is 321 g/mol. The highest BCUT2D eigenvalue weighted by atomic mass is 79.9. The first kappa shape index (κ1) is 9.62. The van der Waals surface area contributed by atoms with Crippen molar-refractivity contribution in [2.45, 2.75) is 12.3 Å². The van der Waals surface area contributed by atoms with Crippen molar-refractivity contribution >= 4 is 53.4 Å². The van der Waals surface area contributed by atoms with Crippen molar-refractivity contribution in [1.29, 1.82) is 0 Å². The van der Waals surface area contributed by atoms with Crippen molar-refractivity contribution < 1.29 is 0 Å². The summed E-state index contributed by atoms with van der Waals surface area (Å²) in [7, 11) is 0. The number of rotatable bonds is 1. The van der Waals surface area contributed by atoms with Gasteiger partial charge in [-0.25, -0.2) is 4.98 Å². The van der Waals surface area contributed by atoms with E-state index in [-0.39, 0.29) is 0 Å². The molecule has 13 heavy (non-hydrogen) atoms. The van der Waals surface area contributed by atoms with E-state index in [2.05, 4.69) is 55.9 Å². The van der Waals surface area contributed by atoms with E-state index in [1.807, 2.05) is 0 Å². The highest BCUT2D eigenvalue weighted by molar-refractivity contribution is 9.11. The quantitative estimate of drug-likeness (QED) is 0.715. The zero-order valence-electron chi connectivity index (χ0n) is 6.97. The number of fused-ring (bicyclic) bond motifs is 1. The third kappa shape index (κ3) is 1.67. The van der Waals surface area contributed by atoms with Crippen LogP contribution in [-0.4, -0.2) is 4.98 Å². The maximum Gasteiger partial charge on any atom is 0.160 e. The second-order valence-electron chi connectivity index (χ2n) is 2.82. The first-order valence-corrected chi connectivity index (χ1v) is 6.56. The minimum absolute atomic E-state index is 0.861. The van der Waals surface area contributed by atoms with Crippen LogP contribution in [0.3, 0.4) is 0 Å². The van der Waals surface area contributed by atoms with Crippen molar-refractivity contribution in [3.05, 3.63) is 27.2 Å². The summed E-state index contributed by atoms with van der Waals surface area (Å²) < 4.78 is 2.24. The molecule has 0 amide bonds. The van der Waals surface area contributed by atoms with Gasteiger partial charge in [0.25, 0.3) is 0 Å². The van der Waals surface area contributed by atoms with Gasteiger partial charge < -0.3 is 0 Å². The summed E-state index contributed by atoms with van der Waals surface area (Å²) in [6, 6.07) is 4.27. The van der Waals surface area contributed by atoms with Gasteiger partial charge in [0.15, 0.2) is 3.92 Å². The zero-order valence-corrected chi connectivity index (χ0v) is 11.0. The summed E-state index contributed by atoms with van der Waals surface area (Å²) >= 11 is 8.57. The van der Waals surface area contributed by atoms with Gasteiger partial charge in [0.05, 0.1) is 10.2 Å². The fourth-order valence-corrected chi connectivity index (χ4v) is 3.19. The summed E-state index contributed by atoms with van der Waals surface area (Å²) in [5, 5.41) is 0.861. The molecule has 0 bridgehead atoms. The Morgan fingerprint density at radius 2 is 2.23 bits per heavy atom. The van der Waals surface area contributed by atoms with Crippen molar-refractivity contribution in [2.75, 3.05) is 0 Å². The maximum atomic E-state index is 4.45. The van der Waals surface area contributed by atoms with Crippen molar-refractivity contribution in [3.63, 3.8) is 0 Å². The van der Waals surface area contributed by atoms with E-state index in [1.165, 1.54) is 15.8 Å². The molecule has 0 fully saturated rings. The van der Waals surface area contributed by atoms with Gasteiger partial charge in [0, 0.05) is 5.33 Å². The minimum Gasteiger partial charge on any atom is -0.229 e. The van der Waals surface area contributed by atoms with Crippen LogP contribution in [0.15, 0.2) is 16.0 Å². The van der Waals surface area contributed by atoms with Crippen LogP contribution in [0.25, 0.3) is 10.2 Å². The van der Waals surface area contributed by atoms with Crippen LogP contribution in [0.2, 0.25) is 0 Å². The summed E-state index contributed by atoms with van der Waals surface area (Å²) in [4.78, 5) is 4.45. The van der Waals surface area contributed by atoms with Crippen LogP contribution in [-0.2, 0) is 5.33 Å². The summed E-state index contributed by atoms with van der Waals surface area (Å²) in [6.45, 7) is 2.12. The van der Waals surface area contributed by atoms with Gasteiger partial charge in [-0.1, -0.05) is 28.1 Å². The normalized spacial score (nSPS) is 11.0.